The maximum atomic E-state index is 9.14. The molecule has 88 valence electrons. The number of hydrogen-bond acceptors (Lipinski definition) is 4. The Morgan fingerprint density at radius 2 is 2.06 bits per heavy atom. The molecule has 2 rings (SSSR count). The highest BCUT2D eigenvalue weighted by molar-refractivity contribution is 5.36. The predicted molar refractivity (Wildman–Crippen MR) is 63.9 cm³/mol. The minimum absolute atomic E-state index is 0.138. The largest absolute Gasteiger partial charge is 0.439 e. The molecule has 0 unspecified atom stereocenters. The van der Waals surface area contributed by atoms with E-state index in [2.05, 4.69) is 9.97 Å². The lowest BCUT2D eigenvalue weighted by molar-refractivity contribution is 0.274. The summed E-state index contributed by atoms with van der Waals surface area (Å²) in [6.07, 6.45) is 2.94. The van der Waals surface area contributed by atoms with Crippen LogP contribution in [0, 0.1) is 13.8 Å². The zero-order valence-electron chi connectivity index (χ0n) is 9.84. The Bertz CT molecular complexity index is 527. The number of aromatic nitrogens is 2. The average molecular weight is 230 g/mol. The van der Waals surface area contributed by atoms with Crippen molar-refractivity contribution in [2.45, 2.75) is 20.5 Å². The third-order valence-electron chi connectivity index (χ3n) is 2.61. The van der Waals surface area contributed by atoms with Gasteiger partial charge >= 0.3 is 0 Å². The van der Waals surface area contributed by atoms with Crippen molar-refractivity contribution in [1.82, 2.24) is 9.97 Å². The molecule has 0 aliphatic carbocycles. The highest BCUT2D eigenvalue weighted by atomic mass is 16.5. The summed E-state index contributed by atoms with van der Waals surface area (Å²) >= 11 is 0. The van der Waals surface area contributed by atoms with Crippen LogP contribution in [-0.4, -0.2) is 15.1 Å². The summed E-state index contributed by atoms with van der Waals surface area (Å²) in [4.78, 5) is 7.84. The van der Waals surface area contributed by atoms with Crippen molar-refractivity contribution in [2.75, 3.05) is 0 Å². The summed E-state index contributed by atoms with van der Waals surface area (Å²) in [7, 11) is 0. The molecular formula is C13H14N2O2. The van der Waals surface area contributed by atoms with E-state index in [1.165, 1.54) is 11.9 Å². The second kappa shape index (κ2) is 4.93. The molecule has 1 heterocycles. The molecule has 0 radical (unpaired) electrons. The molecule has 4 heteroatoms. The third kappa shape index (κ3) is 2.60. The first-order valence-electron chi connectivity index (χ1n) is 5.35. The van der Waals surface area contributed by atoms with E-state index >= 15 is 0 Å². The van der Waals surface area contributed by atoms with Gasteiger partial charge < -0.3 is 9.84 Å². The summed E-state index contributed by atoms with van der Waals surface area (Å²) in [6, 6.07) is 5.81. The van der Waals surface area contributed by atoms with Gasteiger partial charge in [-0.15, -0.1) is 0 Å². The number of aliphatic hydroxyl groups is 1. The van der Waals surface area contributed by atoms with Gasteiger partial charge in [-0.25, -0.2) is 9.97 Å². The molecular weight excluding hydrogens is 216 g/mol. The molecule has 17 heavy (non-hydrogen) atoms. The summed E-state index contributed by atoms with van der Waals surface area (Å²) < 4.78 is 5.63. The lowest BCUT2D eigenvalue weighted by atomic mass is 10.1. The molecule has 0 fully saturated rings. The maximum absolute atomic E-state index is 9.14. The quantitative estimate of drug-likeness (QED) is 0.879. The van der Waals surface area contributed by atoms with Crippen LogP contribution in [0.15, 0.2) is 30.7 Å². The Kier molecular flexibility index (Phi) is 3.35. The Labute approximate surface area is 99.9 Å². The van der Waals surface area contributed by atoms with Crippen molar-refractivity contribution in [2.24, 2.45) is 0 Å². The average Bonchev–Trinajstić information content (AvgIpc) is 2.34. The normalized spacial score (nSPS) is 10.3. The van der Waals surface area contributed by atoms with Crippen molar-refractivity contribution in [3.63, 3.8) is 0 Å². The highest BCUT2D eigenvalue weighted by Gasteiger charge is 2.06. The van der Waals surface area contributed by atoms with Gasteiger partial charge in [0.2, 0.25) is 5.88 Å². The SMILES string of the molecule is Cc1ccc(Oc2ncncc2CO)cc1C. The van der Waals surface area contributed by atoms with Crippen molar-refractivity contribution >= 4 is 0 Å². The van der Waals surface area contributed by atoms with E-state index in [1.54, 1.807) is 6.20 Å². The van der Waals surface area contributed by atoms with Gasteiger partial charge in [-0.05, 0) is 37.1 Å². The van der Waals surface area contributed by atoms with Gasteiger partial charge in [0.15, 0.2) is 0 Å². The van der Waals surface area contributed by atoms with Gasteiger partial charge in [-0.2, -0.15) is 0 Å². The van der Waals surface area contributed by atoms with Crippen LogP contribution in [0.1, 0.15) is 16.7 Å². The first-order chi connectivity index (χ1) is 8.20. The van der Waals surface area contributed by atoms with E-state index in [0.717, 1.165) is 5.56 Å². The van der Waals surface area contributed by atoms with E-state index in [1.807, 2.05) is 32.0 Å². The predicted octanol–water partition coefficient (Wildman–Crippen LogP) is 2.38. The van der Waals surface area contributed by atoms with Crippen molar-refractivity contribution < 1.29 is 9.84 Å². The Hall–Kier alpha value is -1.94. The minimum atomic E-state index is -0.138. The number of ether oxygens (including phenoxy) is 1. The fourth-order valence-corrected chi connectivity index (χ4v) is 1.44. The van der Waals surface area contributed by atoms with Crippen LogP contribution in [0.3, 0.4) is 0 Å². The van der Waals surface area contributed by atoms with E-state index in [4.69, 9.17) is 9.84 Å². The Morgan fingerprint density at radius 3 is 2.76 bits per heavy atom. The lowest BCUT2D eigenvalue weighted by Gasteiger charge is -2.09. The van der Waals surface area contributed by atoms with Crippen LogP contribution in [0.2, 0.25) is 0 Å². The van der Waals surface area contributed by atoms with Crippen molar-refractivity contribution in [3.8, 4) is 11.6 Å². The van der Waals surface area contributed by atoms with Crippen molar-refractivity contribution in [3.05, 3.63) is 47.4 Å². The molecule has 0 spiro atoms. The van der Waals surface area contributed by atoms with Gasteiger partial charge in [-0.1, -0.05) is 6.07 Å². The highest BCUT2D eigenvalue weighted by Crippen LogP contribution is 2.24. The van der Waals surface area contributed by atoms with Crippen molar-refractivity contribution in [1.29, 1.82) is 0 Å². The maximum Gasteiger partial charge on any atom is 0.227 e. The van der Waals surface area contributed by atoms with E-state index < -0.39 is 0 Å². The number of aryl methyl sites for hydroxylation is 2. The first kappa shape index (κ1) is 11.5. The number of benzene rings is 1. The monoisotopic (exact) mass is 230 g/mol. The van der Waals surface area contributed by atoms with Gasteiger partial charge in [-0.3, -0.25) is 0 Å². The Morgan fingerprint density at radius 1 is 1.24 bits per heavy atom. The molecule has 1 aromatic carbocycles. The summed E-state index contributed by atoms with van der Waals surface area (Å²) in [5.74, 6) is 1.10. The molecule has 2 aromatic rings. The van der Waals surface area contributed by atoms with Crippen LogP contribution >= 0.6 is 0 Å². The molecule has 0 aliphatic heterocycles. The van der Waals surface area contributed by atoms with Gasteiger partial charge in [0, 0.05) is 6.20 Å². The fourth-order valence-electron chi connectivity index (χ4n) is 1.44. The van der Waals surface area contributed by atoms with E-state index in [-0.39, 0.29) is 6.61 Å². The third-order valence-corrected chi connectivity index (χ3v) is 2.61. The van der Waals surface area contributed by atoms with Gasteiger partial charge in [0.1, 0.15) is 12.1 Å². The molecule has 1 aromatic heterocycles. The molecule has 0 bridgehead atoms. The molecule has 0 amide bonds. The fraction of sp³-hybridized carbons (Fsp3) is 0.231. The standard InChI is InChI=1S/C13H14N2O2/c1-9-3-4-12(5-10(9)2)17-13-11(7-16)6-14-8-15-13/h3-6,8,16H,7H2,1-2H3. The number of nitrogens with zero attached hydrogens (tertiary/aromatic N) is 2. The smallest absolute Gasteiger partial charge is 0.227 e. The Balaban J connectivity index is 2.28. The minimum Gasteiger partial charge on any atom is -0.439 e. The number of hydrogen-bond donors (Lipinski definition) is 1. The van der Waals surface area contributed by atoms with Crippen LogP contribution in [0.4, 0.5) is 0 Å². The molecule has 0 aliphatic rings. The lowest BCUT2D eigenvalue weighted by Crippen LogP contribution is -1.96. The number of aliphatic hydroxyl groups excluding tert-OH is 1. The van der Waals surface area contributed by atoms with Crippen LogP contribution in [0.25, 0.3) is 0 Å². The molecule has 1 N–H and O–H groups in total. The molecule has 4 nitrogen and oxygen atoms in total. The summed E-state index contributed by atoms with van der Waals surface area (Å²) in [5, 5.41) is 9.14. The second-order valence-electron chi connectivity index (χ2n) is 3.86. The van der Waals surface area contributed by atoms with Crippen LogP contribution in [0.5, 0.6) is 11.6 Å². The van der Waals surface area contributed by atoms with Gasteiger partial charge in [0.25, 0.3) is 0 Å². The number of rotatable bonds is 3. The first-order valence-corrected chi connectivity index (χ1v) is 5.35. The van der Waals surface area contributed by atoms with Crippen LogP contribution < -0.4 is 4.74 Å². The van der Waals surface area contributed by atoms with E-state index in [0.29, 0.717) is 17.2 Å². The summed E-state index contributed by atoms with van der Waals surface area (Å²) in [6.45, 7) is 3.93. The van der Waals surface area contributed by atoms with Gasteiger partial charge in [0.05, 0.1) is 12.2 Å². The molecule has 0 saturated heterocycles. The topological polar surface area (TPSA) is 55.2 Å². The molecule has 0 atom stereocenters. The summed E-state index contributed by atoms with van der Waals surface area (Å²) in [5.41, 5.74) is 2.94. The zero-order valence-corrected chi connectivity index (χ0v) is 9.84. The molecule has 0 saturated carbocycles. The second-order valence-corrected chi connectivity index (χ2v) is 3.86. The zero-order chi connectivity index (χ0) is 12.3. The van der Waals surface area contributed by atoms with E-state index in [9.17, 15) is 0 Å². The van der Waals surface area contributed by atoms with Crippen LogP contribution in [-0.2, 0) is 6.61 Å².